The maximum absolute atomic E-state index is 5.07. The van der Waals surface area contributed by atoms with Gasteiger partial charge in [-0.05, 0) is 12.3 Å². The highest BCUT2D eigenvalue weighted by atomic mass is 32.2. The minimum atomic E-state index is 1.21. The molecule has 0 aliphatic rings. The van der Waals surface area contributed by atoms with Gasteiger partial charge in [0.05, 0.1) is 0 Å². The zero-order chi connectivity index (χ0) is 5.54. The first-order valence-corrected chi connectivity index (χ1v) is 2.99. The summed E-state index contributed by atoms with van der Waals surface area (Å²) in [6.45, 7) is 1.96. The molecule has 0 atom stereocenters. The van der Waals surface area contributed by atoms with Crippen LogP contribution in [0, 0.1) is 0 Å². The maximum Gasteiger partial charge on any atom is -0.0138 e. The fourth-order valence-electron chi connectivity index (χ4n) is 0.202. The van der Waals surface area contributed by atoms with Gasteiger partial charge in [0.1, 0.15) is 0 Å². The zero-order valence-corrected chi connectivity index (χ0v) is 5.11. The van der Waals surface area contributed by atoms with E-state index in [1.807, 2.05) is 30.6 Å². The van der Waals surface area contributed by atoms with Gasteiger partial charge in [-0.3, -0.25) is 5.14 Å². The van der Waals surface area contributed by atoms with Crippen molar-refractivity contribution in [3.05, 3.63) is 23.6 Å². The highest BCUT2D eigenvalue weighted by molar-refractivity contribution is 7.99. The molecule has 0 fully saturated rings. The van der Waals surface area contributed by atoms with Gasteiger partial charge >= 0.3 is 0 Å². The molecule has 0 aromatic carbocycles. The first-order chi connectivity index (χ1) is 3.41. The second-order valence-electron chi connectivity index (χ2n) is 0.990. The topological polar surface area (TPSA) is 26.0 Å². The minimum Gasteiger partial charge on any atom is -0.274 e. The van der Waals surface area contributed by atoms with Gasteiger partial charge in [-0.1, -0.05) is 30.2 Å². The quantitative estimate of drug-likeness (QED) is 0.437. The molecule has 1 nitrogen and oxygen atoms in total. The summed E-state index contributed by atoms with van der Waals surface area (Å²) in [5, 5.41) is 6.88. The third-order valence-corrected chi connectivity index (χ3v) is 0.775. The van der Waals surface area contributed by atoms with Crippen molar-refractivity contribution in [2.75, 3.05) is 0 Å². The van der Waals surface area contributed by atoms with Crippen molar-refractivity contribution in [2.24, 2.45) is 5.14 Å². The van der Waals surface area contributed by atoms with Crippen LogP contribution in [0.3, 0.4) is 0 Å². The Morgan fingerprint density at radius 2 is 2.14 bits per heavy atom. The van der Waals surface area contributed by atoms with Crippen LogP contribution in [0.25, 0.3) is 0 Å². The number of rotatable bonds is 2. The molecule has 0 rings (SSSR count). The number of hydrogen-bond donors (Lipinski definition) is 1. The standard InChI is InChI=1S/C5H9NS/c1-2-3-4-5-7-6/h2-5H,6H2,1H3/b3-2+,5-4-. The normalized spacial score (nSPS) is 11.7. The van der Waals surface area contributed by atoms with Crippen LogP contribution in [0.15, 0.2) is 23.6 Å². The summed E-state index contributed by atoms with van der Waals surface area (Å²) in [5.41, 5.74) is 0. The molecule has 0 saturated heterocycles. The third kappa shape index (κ3) is 5.79. The van der Waals surface area contributed by atoms with Gasteiger partial charge in [0.25, 0.3) is 0 Å². The van der Waals surface area contributed by atoms with E-state index in [1.54, 1.807) is 0 Å². The van der Waals surface area contributed by atoms with E-state index in [9.17, 15) is 0 Å². The lowest BCUT2D eigenvalue weighted by Crippen LogP contribution is -1.66. The number of nitrogens with two attached hydrogens (primary N) is 1. The zero-order valence-electron chi connectivity index (χ0n) is 4.29. The van der Waals surface area contributed by atoms with Gasteiger partial charge < -0.3 is 0 Å². The predicted octanol–water partition coefficient (Wildman–Crippen LogP) is 1.68. The minimum absolute atomic E-state index is 1.21. The molecule has 0 aliphatic carbocycles. The van der Waals surface area contributed by atoms with E-state index in [0.717, 1.165) is 0 Å². The average Bonchev–Trinajstić information content (AvgIpc) is 1.69. The summed E-state index contributed by atoms with van der Waals surface area (Å²) in [6, 6.07) is 0. The Morgan fingerprint density at radius 3 is 2.57 bits per heavy atom. The van der Waals surface area contributed by atoms with E-state index in [1.165, 1.54) is 11.9 Å². The van der Waals surface area contributed by atoms with Crippen molar-refractivity contribution in [3.8, 4) is 0 Å². The third-order valence-electron chi connectivity index (χ3n) is 0.461. The fraction of sp³-hybridized carbons (Fsp3) is 0.200. The molecule has 0 aromatic rings. The van der Waals surface area contributed by atoms with Crippen LogP contribution >= 0.6 is 11.9 Å². The monoisotopic (exact) mass is 115 g/mol. The molecule has 0 amide bonds. The van der Waals surface area contributed by atoms with Crippen LogP contribution in [0.1, 0.15) is 6.92 Å². The van der Waals surface area contributed by atoms with E-state index in [0.29, 0.717) is 0 Å². The second kappa shape index (κ2) is 5.79. The largest absolute Gasteiger partial charge is 0.274 e. The van der Waals surface area contributed by atoms with E-state index in [4.69, 9.17) is 5.14 Å². The molecule has 0 unspecified atom stereocenters. The van der Waals surface area contributed by atoms with Gasteiger partial charge in [-0.2, -0.15) is 0 Å². The van der Waals surface area contributed by atoms with Crippen LogP contribution in [-0.4, -0.2) is 0 Å². The van der Waals surface area contributed by atoms with Gasteiger partial charge in [0, 0.05) is 0 Å². The van der Waals surface area contributed by atoms with E-state index < -0.39 is 0 Å². The summed E-state index contributed by atoms with van der Waals surface area (Å²) < 4.78 is 0. The fourth-order valence-corrected chi connectivity index (χ4v) is 0.383. The van der Waals surface area contributed by atoms with Crippen molar-refractivity contribution in [3.63, 3.8) is 0 Å². The molecule has 2 heteroatoms. The van der Waals surface area contributed by atoms with Crippen LogP contribution in [-0.2, 0) is 0 Å². The molecule has 0 aliphatic heterocycles. The second-order valence-corrected chi connectivity index (χ2v) is 1.53. The Kier molecular flexibility index (Phi) is 5.62. The van der Waals surface area contributed by atoms with Crippen LogP contribution in [0.5, 0.6) is 0 Å². The Balaban J connectivity index is 3.09. The maximum atomic E-state index is 5.07. The summed E-state index contributed by atoms with van der Waals surface area (Å²) in [5.74, 6) is 0. The Labute approximate surface area is 48.4 Å². The molecular formula is C5H9NS. The van der Waals surface area contributed by atoms with Gasteiger partial charge in [0.15, 0.2) is 0 Å². The van der Waals surface area contributed by atoms with Crippen molar-refractivity contribution in [1.82, 2.24) is 0 Å². The first-order valence-electron chi connectivity index (χ1n) is 2.05. The van der Waals surface area contributed by atoms with Crippen molar-refractivity contribution in [1.29, 1.82) is 0 Å². The number of allylic oxidation sites excluding steroid dienone is 3. The molecule has 2 N–H and O–H groups in total. The SMILES string of the molecule is C/C=C/C=C\SN. The molecule has 0 radical (unpaired) electrons. The van der Waals surface area contributed by atoms with Crippen LogP contribution in [0.2, 0.25) is 0 Å². The summed E-state index contributed by atoms with van der Waals surface area (Å²) >= 11 is 1.21. The van der Waals surface area contributed by atoms with Gasteiger partial charge in [0.2, 0.25) is 0 Å². The Morgan fingerprint density at radius 1 is 1.43 bits per heavy atom. The van der Waals surface area contributed by atoms with Crippen LogP contribution < -0.4 is 5.14 Å². The number of hydrogen-bond acceptors (Lipinski definition) is 2. The molecule has 0 aromatic heterocycles. The Bertz CT molecular complexity index is 76.1. The highest BCUT2D eigenvalue weighted by Gasteiger charge is 1.57. The van der Waals surface area contributed by atoms with E-state index in [2.05, 4.69) is 0 Å². The molecule has 0 spiro atoms. The average molecular weight is 115 g/mol. The van der Waals surface area contributed by atoms with Crippen molar-refractivity contribution < 1.29 is 0 Å². The molecule has 0 heterocycles. The van der Waals surface area contributed by atoms with Crippen LogP contribution in [0.4, 0.5) is 0 Å². The molecule has 0 bridgehead atoms. The Hall–Kier alpha value is -0.210. The first kappa shape index (κ1) is 6.79. The molecule has 40 valence electrons. The summed E-state index contributed by atoms with van der Waals surface area (Å²) in [4.78, 5) is 0. The lowest BCUT2D eigenvalue weighted by molar-refractivity contribution is 1.74. The van der Waals surface area contributed by atoms with Crippen molar-refractivity contribution in [2.45, 2.75) is 6.92 Å². The summed E-state index contributed by atoms with van der Waals surface area (Å²) in [7, 11) is 0. The van der Waals surface area contributed by atoms with Gasteiger partial charge in [-0.25, -0.2) is 0 Å². The molecular weight excluding hydrogens is 106 g/mol. The summed E-state index contributed by atoms with van der Waals surface area (Å²) in [6.07, 6.45) is 5.78. The lowest BCUT2D eigenvalue weighted by atomic mass is 10.5. The molecule has 0 saturated carbocycles. The van der Waals surface area contributed by atoms with E-state index >= 15 is 0 Å². The van der Waals surface area contributed by atoms with Crippen molar-refractivity contribution >= 4 is 11.9 Å². The smallest absolute Gasteiger partial charge is 0.0138 e. The predicted molar refractivity (Wildman–Crippen MR) is 35.7 cm³/mol. The highest BCUT2D eigenvalue weighted by Crippen LogP contribution is 1.86. The van der Waals surface area contributed by atoms with E-state index in [-0.39, 0.29) is 0 Å². The molecule has 7 heavy (non-hydrogen) atoms. The van der Waals surface area contributed by atoms with Gasteiger partial charge in [-0.15, -0.1) is 0 Å². The lowest BCUT2D eigenvalue weighted by Gasteiger charge is -1.71.